The number of nitrogens with one attached hydrogen (secondary N) is 1. The Balaban J connectivity index is 1.77. The Kier molecular flexibility index (Phi) is 3.20. The largest absolute Gasteiger partial charge is 0.417 e. The minimum absolute atomic E-state index is 0.265. The molecule has 128 valence electrons. The fourth-order valence-corrected chi connectivity index (χ4v) is 4.30. The van der Waals surface area contributed by atoms with Gasteiger partial charge in [-0.1, -0.05) is 6.07 Å². The average molecular weight is 365 g/mol. The first-order chi connectivity index (χ1) is 12.6. The van der Waals surface area contributed by atoms with Crippen LogP contribution in [0.3, 0.4) is 0 Å². The second-order valence-corrected chi connectivity index (χ2v) is 7.36. The Morgan fingerprint density at radius 1 is 1.19 bits per heavy atom. The second kappa shape index (κ2) is 5.47. The SMILES string of the molecule is CC1=NN=C(c2cc3ccc(F)cc3s2)c2cc3oc(=O)[nH]c3cc2C1. The number of hydrogen-bond donors (Lipinski definition) is 1. The summed E-state index contributed by atoms with van der Waals surface area (Å²) in [7, 11) is 0. The standard InChI is InChI=1S/C19H12FN3O2S/c1-9-4-11-5-14-15(25-19(24)21-14)8-13(11)18(23-22-9)17-6-10-2-3-12(20)7-16(10)26-17/h2-3,5-8H,4H2,1H3,(H,21,24). The summed E-state index contributed by atoms with van der Waals surface area (Å²) in [5.74, 6) is -0.750. The number of benzene rings is 2. The highest BCUT2D eigenvalue weighted by Gasteiger charge is 2.20. The number of hydrogen-bond acceptors (Lipinski definition) is 5. The summed E-state index contributed by atoms with van der Waals surface area (Å²) < 4.78 is 19.6. The number of rotatable bonds is 1. The van der Waals surface area contributed by atoms with Crippen LogP contribution in [0.5, 0.6) is 0 Å². The molecule has 2 aromatic carbocycles. The number of fused-ring (bicyclic) bond motifs is 3. The van der Waals surface area contributed by atoms with E-state index in [1.165, 1.54) is 23.5 Å². The van der Waals surface area contributed by atoms with Gasteiger partial charge >= 0.3 is 5.76 Å². The molecule has 4 aromatic rings. The van der Waals surface area contributed by atoms with Gasteiger partial charge < -0.3 is 4.42 Å². The highest BCUT2D eigenvalue weighted by Crippen LogP contribution is 2.31. The maximum absolute atomic E-state index is 13.5. The van der Waals surface area contributed by atoms with Crippen molar-refractivity contribution >= 4 is 43.9 Å². The number of aromatic nitrogens is 1. The Morgan fingerprint density at radius 2 is 2.08 bits per heavy atom. The molecule has 0 fully saturated rings. The molecule has 1 aliphatic rings. The van der Waals surface area contributed by atoms with Crippen molar-refractivity contribution in [1.82, 2.24) is 4.98 Å². The van der Waals surface area contributed by atoms with E-state index in [1.807, 2.05) is 25.1 Å². The van der Waals surface area contributed by atoms with Crippen molar-refractivity contribution in [1.29, 1.82) is 0 Å². The van der Waals surface area contributed by atoms with Crippen LogP contribution in [0.25, 0.3) is 21.2 Å². The van der Waals surface area contributed by atoms with E-state index >= 15 is 0 Å². The molecular formula is C19H12FN3O2S. The Bertz CT molecular complexity index is 1310. The summed E-state index contributed by atoms with van der Waals surface area (Å²) in [5.41, 5.74) is 4.58. The summed E-state index contributed by atoms with van der Waals surface area (Å²) >= 11 is 1.46. The van der Waals surface area contributed by atoms with Crippen LogP contribution in [-0.4, -0.2) is 16.4 Å². The molecule has 5 nitrogen and oxygen atoms in total. The summed E-state index contributed by atoms with van der Waals surface area (Å²) in [6.45, 7) is 1.92. The van der Waals surface area contributed by atoms with Gasteiger partial charge in [0.05, 0.1) is 10.4 Å². The van der Waals surface area contributed by atoms with Gasteiger partial charge in [0.25, 0.3) is 0 Å². The van der Waals surface area contributed by atoms with E-state index in [-0.39, 0.29) is 5.82 Å². The van der Waals surface area contributed by atoms with Crippen molar-refractivity contribution in [2.24, 2.45) is 10.2 Å². The fraction of sp³-hybridized carbons (Fsp3) is 0.105. The molecule has 7 heteroatoms. The number of thiophene rings is 1. The van der Waals surface area contributed by atoms with Crippen molar-refractivity contribution in [3.8, 4) is 0 Å². The van der Waals surface area contributed by atoms with Crippen LogP contribution in [0.15, 0.2) is 55.8 Å². The predicted octanol–water partition coefficient (Wildman–Crippen LogP) is 4.24. The highest BCUT2D eigenvalue weighted by atomic mass is 32.1. The van der Waals surface area contributed by atoms with E-state index < -0.39 is 5.76 Å². The molecule has 0 aliphatic carbocycles. The first kappa shape index (κ1) is 15.2. The predicted molar refractivity (Wildman–Crippen MR) is 101 cm³/mol. The molecule has 3 heterocycles. The topological polar surface area (TPSA) is 70.7 Å². The normalized spacial score (nSPS) is 14.2. The van der Waals surface area contributed by atoms with Gasteiger partial charge in [-0.05, 0) is 48.2 Å². The third-order valence-corrected chi connectivity index (χ3v) is 5.49. The van der Waals surface area contributed by atoms with E-state index in [9.17, 15) is 9.18 Å². The van der Waals surface area contributed by atoms with E-state index in [4.69, 9.17) is 4.42 Å². The van der Waals surface area contributed by atoms with Gasteiger partial charge in [0, 0.05) is 22.4 Å². The zero-order valence-electron chi connectivity index (χ0n) is 13.7. The number of halogens is 1. The van der Waals surface area contributed by atoms with Crippen LogP contribution in [0.2, 0.25) is 0 Å². The molecule has 0 bridgehead atoms. The van der Waals surface area contributed by atoms with Crippen LogP contribution in [0, 0.1) is 5.82 Å². The third-order valence-electron chi connectivity index (χ3n) is 4.38. The summed E-state index contributed by atoms with van der Waals surface area (Å²) in [6, 6.07) is 10.4. The molecule has 1 aliphatic heterocycles. The zero-order valence-corrected chi connectivity index (χ0v) is 14.5. The smallest absolute Gasteiger partial charge is 0.408 e. The van der Waals surface area contributed by atoms with E-state index in [0.29, 0.717) is 23.2 Å². The molecule has 0 amide bonds. The van der Waals surface area contributed by atoms with E-state index in [0.717, 1.165) is 31.8 Å². The molecule has 2 aromatic heterocycles. The van der Waals surface area contributed by atoms with Crippen molar-refractivity contribution in [3.63, 3.8) is 0 Å². The lowest BCUT2D eigenvalue weighted by atomic mass is 9.97. The molecule has 26 heavy (non-hydrogen) atoms. The van der Waals surface area contributed by atoms with Crippen LogP contribution < -0.4 is 5.76 Å². The molecule has 5 rings (SSSR count). The number of oxazole rings is 1. The minimum atomic E-state index is -0.485. The van der Waals surface area contributed by atoms with Gasteiger partial charge in [-0.15, -0.1) is 16.4 Å². The molecule has 0 saturated heterocycles. The Hall–Kier alpha value is -3.06. The van der Waals surface area contributed by atoms with Gasteiger partial charge in [-0.3, -0.25) is 4.98 Å². The lowest BCUT2D eigenvalue weighted by Crippen LogP contribution is -2.05. The van der Waals surface area contributed by atoms with Crippen molar-refractivity contribution in [3.05, 3.63) is 68.8 Å². The Labute approximate surface area is 150 Å². The van der Waals surface area contributed by atoms with Crippen molar-refractivity contribution < 1.29 is 8.81 Å². The van der Waals surface area contributed by atoms with Gasteiger partial charge in [-0.25, -0.2) is 9.18 Å². The summed E-state index contributed by atoms with van der Waals surface area (Å²) in [6.07, 6.45) is 0.630. The molecule has 1 N–H and O–H groups in total. The van der Waals surface area contributed by atoms with Crippen LogP contribution >= 0.6 is 11.3 Å². The second-order valence-electron chi connectivity index (χ2n) is 6.27. The first-order valence-electron chi connectivity index (χ1n) is 8.03. The monoisotopic (exact) mass is 365 g/mol. The van der Waals surface area contributed by atoms with E-state index in [2.05, 4.69) is 15.2 Å². The average Bonchev–Trinajstić information content (AvgIpc) is 3.12. The number of H-pyrrole nitrogens is 1. The fourth-order valence-electron chi connectivity index (χ4n) is 3.21. The first-order valence-corrected chi connectivity index (χ1v) is 8.85. The molecule has 0 spiro atoms. The van der Waals surface area contributed by atoms with E-state index in [1.54, 1.807) is 6.07 Å². The lowest BCUT2D eigenvalue weighted by molar-refractivity contribution is 0.555. The highest BCUT2D eigenvalue weighted by molar-refractivity contribution is 7.21. The van der Waals surface area contributed by atoms with Crippen molar-refractivity contribution in [2.45, 2.75) is 13.3 Å². The van der Waals surface area contributed by atoms with Gasteiger partial charge in [-0.2, -0.15) is 5.10 Å². The summed E-state index contributed by atoms with van der Waals surface area (Å²) in [5, 5.41) is 9.70. The Morgan fingerprint density at radius 3 is 2.96 bits per heavy atom. The number of nitrogens with zero attached hydrogens (tertiary/aromatic N) is 2. The van der Waals surface area contributed by atoms with Crippen molar-refractivity contribution in [2.75, 3.05) is 0 Å². The molecular weight excluding hydrogens is 353 g/mol. The number of aromatic amines is 1. The van der Waals surface area contributed by atoms with Gasteiger partial charge in [0.15, 0.2) is 5.58 Å². The van der Waals surface area contributed by atoms with Gasteiger partial charge in [0.2, 0.25) is 0 Å². The van der Waals surface area contributed by atoms with Crippen LogP contribution in [0.1, 0.15) is 22.9 Å². The molecule has 0 atom stereocenters. The molecule has 0 saturated carbocycles. The lowest BCUT2D eigenvalue weighted by Gasteiger charge is -2.07. The third kappa shape index (κ3) is 2.40. The van der Waals surface area contributed by atoms with Crippen LogP contribution in [0.4, 0.5) is 4.39 Å². The minimum Gasteiger partial charge on any atom is -0.408 e. The maximum atomic E-state index is 13.5. The maximum Gasteiger partial charge on any atom is 0.417 e. The van der Waals surface area contributed by atoms with Gasteiger partial charge in [0.1, 0.15) is 11.5 Å². The summed E-state index contributed by atoms with van der Waals surface area (Å²) in [4.78, 5) is 15.1. The quantitative estimate of drug-likeness (QED) is 0.548. The molecule has 0 radical (unpaired) electrons. The van der Waals surface area contributed by atoms with Crippen LogP contribution in [-0.2, 0) is 6.42 Å². The molecule has 0 unspecified atom stereocenters. The zero-order chi connectivity index (χ0) is 17.8.